The maximum Gasteiger partial charge on any atom is 0.244 e. The average molecular weight is 404 g/mol. The van der Waals surface area contributed by atoms with Crippen LogP contribution in [0.15, 0.2) is 41.3 Å². The highest BCUT2D eigenvalue weighted by molar-refractivity contribution is 7.89. The topological polar surface area (TPSA) is 64.6 Å². The Hall–Kier alpha value is -2.05. The van der Waals surface area contributed by atoms with Gasteiger partial charge in [-0.3, -0.25) is 0 Å². The lowest BCUT2D eigenvalue weighted by molar-refractivity contribution is 0.322. The second-order valence-corrected chi connectivity index (χ2v) is 8.85. The van der Waals surface area contributed by atoms with Crippen molar-refractivity contribution in [3.05, 3.63) is 53.1 Å². The summed E-state index contributed by atoms with van der Waals surface area (Å²) in [6.45, 7) is 2.60. The highest BCUT2D eigenvalue weighted by atomic mass is 32.2. The van der Waals surface area contributed by atoms with Gasteiger partial charge in [0, 0.05) is 6.54 Å². The predicted molar refractivity (Wildman–Crippen MR) is 111 cm³/mol. The molecule has 0 unspecified atom stereocenters. The number of hydrogen-bond acceptors (Lipinski definition) is 4. The summed E-state index contributed by atoms with van der Waals surface area (Å²) in [6.07, 6.45) is 6.27. The summed E-state index contributed by atoms with van der Waals surface area (Å²) in [6, 6.07) is 11.6. The number of nitrogens with one attached hydrogen (secondary N) is 1. The van der Waals surface area contributed by atoms with Crippen LogP contribution in [-0.4, -0.2) is 28.7 Å². The minimum Gasteiger partial charge on any atom is -0.495 e. The molecule has 0 saturated heterocycles. The maximum absolute atomic E-state index is 12.8. The summed E-state index contributed by atoms with van der Waals surface area (Å²) in [7, 11) is -2.15. The summed E-state index contributed by atoms with van der Waals surface area (Å²) < 4.78 is 39.2. The lowest BCUT2D eigenvalue weighted by Gasteiger charge is -2.19. The molecule has 0 bridgehead atoms. The first-order chi connectivity index (χ1) is 13.5. The number of sulfonamides is 1. The highest BCUT2D eigenvalue weighted by Crippen LogP contribution is 2.31. The molecule has 28 heavy (non-hydrogen) atoms. The van der Waals surface area contributed by atoms with E-state index in [0.717, 1.165) is 49.8 Å². The number of fused-ring (bicyclic) bond motifs is 1. The van der Waals surface area contributed by atoms with E-state index in [2.05, 4.69) is 11.6 Å². The molecular weight excluding hydrogens is 374 g/mol. The Morgan fingerprint density at radius 2 is 1.71 bits per heavy atom. The van der Waals surface area contributed by atoms with E-state index < -0.39 is 10.0 Å². The largest absolute Gasteiger partial charge is 0.495 e. The normalized spacial score (nSPS) is 13.8. The average Bonchev–Trinajstić information content (AvgIpc) is 2.71. The van der Waals surface area contributed by atoms with Crippen molar-refractivity contribution in [2.75, 3.05) is 20.3 Å². The zero-order valence-electron chi connectivity index (χ0n) is 16.7. The van der Waals surface area contributed by atoms with Gasteiger partial charge in [0.15, 0.2) is 0 Å². The smallest absolute Gasteiger partial charge is 0.244 e. The standard InChI is InChI=1S/C22H29NO4S/c1-3-6-17-9-11-20(12-10-17)27-14-13-23-28(24,25)22-16-19-8-5-4-7-18(19)15-21(22)26-2/h9-12,15-16,23H,3-8,13-14H2,1-2H3. The summed E-state index contributed by atoms with van der Waals surface area (Å²) in [5.74, 6) is 1.14. The second kappa shape index (κ2) is 9.43. The molecule has 1 N–H and O–H groups in total. The molecule has 1 aliphatic rings. The number of rotatable bonds is 9. The predicted octanol–water partition coefficient (Wildman–Crippen LogP) is 3.88. The Morgan fingerprint density at radius 3 is 2.36 bits per heavy atom. The van der Waals surface area contributed by atoms with Crippen LogP contribution in [-0.2, 0) is 29.3 Å². The van der Waals surface area contributed by atoms with E-state index in [1.807, 2.05) is 30.3 Å². The third-order valence-electron chi connectivity index (χ3n) is 5.04. The van der Waals surface area contributed by atoms with Gasteiger partial charge in [0.05, 0.1) is 7.11 Å². The van der Waals surface area contributed by atoms with Crippen LogP contribution in [0.5, 0.6) is 11.5 Å². The molecule has 0 aromatic heterocycles. The fraction of sp³-hybridized carbons (Fsp3) is 0.455. The quantitative estimate of drug-likeness (QED) is 0.645. The fourth-order valence-electron chi connectivity index (χ4n) is 3.57. The molecular formula is C22H29NO4S. The van der Waals surface area contributed by atoms with Crippen LogP contribution in [0.25, 0.3) is 0 Å². The maximum atomic E-state index is 12.8. The Morgan fingerprint density at radius 1 is 1.04 bits per heavy atom. The molecule has 3 rings (SSSR count). The minimum atomic E-state index is -3.66. The van der Waals surface area contributed by atoms with E-state index in [1.54, 1.807) is 6.07 Å². The Labute approximate surface area is 168 Å². The lowest BCUT2D eigenvalue weighted by atomic mass is 9.92. The van der Waals surface area contributed by atoms with E-state index in [1.165, 1.54) is 18.2 Å². The van der Waals surface area contributed by atoms with Gasteiger partial charge in [-0.1, -0.05) is 25.5 Å². The number of methoxy groups -OCH3 is 1. The number of ether oxygens (including phenoxy) is 2. The van der Waals surface area contributed by atoms with Crippen LogP contribution < -0.4 is 14.2 Å². The molecule has 1 aliphatic carbocycles. The molecule has 0 radical (unpaired) electrons. The van der Waals surface area contributed by atoms with Crippen LogP contribution in [0, 0.1) is 0 Å². The van der Waals surface area contributed by atoms with E-state index in [-0.39, 0.29) is 18.0 Å². The molecule has 2 aromatic carbocycles. The van der Waals surface area contributed by atoms with Gasteiger partial charge in [-0.15, -0.1) is 0 Å². The van der Waals surface area contributed by atoms with Gasteiger partial charge in [-0.25, -0.2) is 13.1 Å². The molecule has 2 aromatic rings. The Bertz CT molecular complexity index is 891. The lowest BCUT2D eigenvalue weighted by Crippen LogP contribution is -2.29. The third-order valence-corrected chi connectivity index (χ3v) is 6.52. The Kier molecular flexibility index (Phi) is 6.97. The molecule has 0 spiro atoms. The number of benzene rings is 2. The molecule has 0 saturated carbocycles. The summed E-state index contributed by atoms with van der Waals surface area (Å²) >= 11 is 0. The van der Waals surface area contributed by atoms with Crippen molar-refractivity contribution in [3.8, 4) is 11.5 Å². The van der Waals surface area contributed by atoms with Crippen molar-refractivity contribution >= 4 is 10.0 Å². The van der Waals surface area contributed by atoms with Gasteiger partial charge >= 0.3 is 0 Å². The summed E-state index contributed by atoms with van der Waals surface area (Å²) in [4.78, 5) is 0.208. The van der Waals surface area contributed by atoms with Crippen LogP contribution >= 0.6 is 0 Å². The molecule has 152 valence electrons. The first-order valence-electron chi connectivity index (χ1n) is 9.94. The zero-order valence-corrected chi connectivity index (χ0v) is 17.5. The molecule has 0 amide bonds. The second-order valence-electron chi connectivity index (χ2n) is 7.12. The fourth-order valence-corrected chi connectivity index (χ4v) is 4.79. The van der Waals surface area contributed by atoms with Gasteiger partial charge in [-0.05, 0) is 73.1 Å². The first-order valence-corrected chi connectivity index (χ1v) is 11.4. The zero-order chi connectivity index (χ0) is 20.0. The van der Waals surface area contributed by atoms with Gasteiger partial charge < -0.3 is 9.47 Å². The molecule has 0 aliphatic heterocycles. The molecule has 0 heterocycles. The van der Waals surface area contributed by atoms with Crippen LogP contribution in [0.2, 0.25) is 0 Å². The minimum absolute atomic E-state index is 0.194. The van der Waals surface area contributed by atoms with Crippen LogP contribution in [0.1, 0.15) is 42.9 Å². The SMILES string of the molecule is CCCc1ccc(OCCNS(=O)(=O)c2cc3c(cc2OC)CCCC3)cc1. The van der Waals surface area contributed by atoms with E-state index in [4.69, 9.17) is 9.47 Å². The van der Waals surface area contributed by atoms with E-state index >= 15 is 0 Å². The van der Waals surface area contributed by atoms with Crippen molar-refractivity contribution in [1.82, 2.24) is 4.72 Å². The first kappa shape index (κ1) is 20.7. The van der Waals surface area contributed by atoms with Crippen LogP contribution in [0.3, 0.4) is 0 Å². The van der Waals surface area contributed by atoms with Crippen molar-refractivity contribution in [3.63, 3.8) is 0 Å². The number of aryl methyl sites for hydroxylation is 3. The van der Waals surface area contributed by atoms with Gasteiger partial charge in [0.25, 0.3) is 0 Å². The van der Waals surface area contributed by atoms with Crippen LogP contribution in [0.4, 0.5) is 0 Å². The molecule has 6 heteroatoms. The van der Waals surface area contributed by atoms with E-state index in [9.17, 15) is 8.42 Å². The Balaban J connectivity index is 1.61. The number of hydrogen-bond donors (Lipinski definition) is 1. The molecule has 0 fully saturated rings. The van der Waals surface area contributed by atoms with Crippen molar-refractivity contribution in [2.45, 2.75) is 50.3 Å². The third kappa shape index (κ3) is 5.06. The monoisotopic (exact) mass is 403 g/mol. The highest BCUT2D eigenvalue weighted by Gasteiger charge is 2.23. The van der Waals surface area contributed by atoms with Crippen molar-refractivity contribution < 1.29 is 17.9 Å². The van der Waals surface area contributed by atoms with Crippen molar-refractivity contribution in [1.29, 1.82) is 0 Å². The summed E-state index contributed by atoms with van der Waals surface area (Å²) in [5, 5.41) is 0. The molecule has 0 atom stereocenters. The molecule has 5 nitrogen and oxygen atoms in total. The van der Waals surface area contributed by atoms with Gasteiger partial charge in [0.1, 0.15) is 23.0 Å². The van der Waals surface area contributed by atoms with Gasteiger partial charge in [-0.2, -0.15) is 0 Å². The van der Waals surface area contributed by atoms with Gasteiger partial charge in [0.2, 0.25) is 10.0 Å². The van der Waals surface area contributed by atoms with Crippen molar-refractivity contribution in [2.24, 2.45) is 0 Å². The summed E-state index contributed by atoms with van der Waals surface area (Å²) in [5.41, 5.74) is 3.57. The van der Waals surface area contributed by atoms with E-state index in [0.29, 0.717) is 5.75 Å².